The molecule has 1 atom stereocenters. The van der Waals surface area contributed by atoms with E-state index >= 15 is 0 Å². The van der Waals surface area contributed by atoms with E-state index in [1.165, 1.54) is 7.05 Å². The van der Waals surface area contributed by atoms with Crippen molar-refractivity contribution in [2.75, 3.05) is 13.7 Å². The quantitative estimate of drug-likeness (QED) is 0.816. The molecule has 1 aliphatic heterocycles. The molecule has 1 aliphatic rings. The highest BCUT2D eigenvalue weighted by atomic mass is 32.2. The van der Waals surface area contributed by atoms with Gasteiger partial charge in [-0.05, 0) is 0 Å². The average Bonchev–Trinajstić information content (AvgIpc) is 2.58. The number of fused-ring (bicyclic) bond motifs is 1. The maximum Gasteiger partial charge on any atom is 0.158 e. The van der Waals surface area contributed by atoms with E-state index in [9.17, 15) is 8.60 Å². The largest absolute Gasteiger partial charge is 0.376 e. The summed E-state index contributed by atoms with van der Waals surface area (Å²) in [6, 6.07) is 0. The molecule has 84 valence electrons. The lowest BCUT2D eigenvalue weighted by Crippen LogP contribution is -2.12. The van der Waals surface area contributed by atoms with E-state index in [0.29, 0.717) is 18.6 Å². The number of rotatable bonds is 1. The van der Waals surface area contributed by atoms with Crippen LogP contribution >= 0.6 is 11.3 Å². The van der Waals surface area contributed by atoms with Gasteiger partial charge in [0, 0.05) is 23.9 Å². The molecule has 2 heterocycles. The Kier molecular flexibility index (Phi) is 2.80. The topological polar surface area (TPSA) is 64.7 Å². The molecular formula is C8H11FN2O2S2. The first-order chi connectivity index (χ1) is 7.06. The second kappa shape index (κ2) is 3.82. The van der Waals surface area contributed by atoms with E-state index in [-0.39, 0.29) is 10.8 Å². The van der Waals surface area contributed by atoms with Gasteiger partial charge in [-0.3, -0.25) is 0 Å². The number of hydrogen-bond donors (Lipinski definition) is 1. The van der Waals surface area contributed by atoms with E-state index in [1.807, 2.05) is 0 Å². The van der Waals surface area contributed by atoms with Gasteiger partial charge in [-0.15, -0.1) is 11.3 Å². The van der Waals surface area contributed by atoms with Crippen LogP contribution in [0.1, 0.15) is 10.4 Å². The average molecular weight is 250 g/mol. The van der Waals surface area contributed by atoms with Gasteiger partial charge in [0.15, 0.2) is 10.0 Å². The molecule has 1 unspecified atom stereocenters. The first-order valence-corrected chi connectivity index (χ1v) is 6.76. The Hall–Kier alpha value is -0.500. The summed E-state index contributed by atoms with van der Waals surface area (Å²) in [5.41, 5.74) is 0.489. The van der Waals surface area contributed by atoms with Gasteiger partial charge in [0.1, 0.15) is 9.92 Å². The second-order valence-electron chi connectivity index (χ2n) is 3.16. The molecule has 0 spiro atoms. The predicted molar refractivity (Wildman–Crippen MR) is 56.6 cm³/mol. The van der Waals surface area contributed by atoms with Gasteiger partial charge in [0.25, 0.3) is 0 Å². The molecule has 0 saturated carbocycles. The van der Waals surface area contributed by atoms with E-state index in [2.05, 4.69) is 4.36 Å². The van der Waals surface area contributed by atoms with Crippen LogP contribution < -0.4 is 5.14 Å². The van der Waals surface area contributed by atoms with Crippen LogP contribution in [0.5, 0.6) is 0 Å². The van der Waals surface area contributed by atoms with Gasteiger partial charge in [-0.1, -0.05) is 0 Å². The molecule has 4 nitrogen and oxygen atoms in total. The minimum atomic E-state index is -3.06. The third-order valence-corrected chi connectivity index (χ3v) is 5.53. The number of thiophene rings is 1. The minimum absolute atomic E-state index is 0.0421. The third-order valence-electron chi connectivity index (χ3n) is 2.25. The van der Waals surface area contributed by atoms with E-state index in [0.717, 1.165) is 16.2 Å². The van der Waals surface area contributed by atoms with E-state index in [1.54, 1.807) is 0 Å². The van der Waals surface area contributed by atoms with Crippen LogP contribution in [0.15, 0.2) is 8.57 Å². The maximum absolute atomic E-state index is 13.8. The Morgan fingerprint density at radius 3 is 3.00 bits per heavy atom. The zero-order valence-electron chi connectivity index (χ0n) is 8.16. The highest BCUT2D eigenvalue weighted by Crippen LogP contribution is 2.33. The van der Waals surface area contributed by atoms with Crippen molar-refractivity contribution in [2.24, 2.45) is 9.50 Å². The van der Waals surface area contributed by atoms with Crippen molar-refractivity contribution >= 4 is 21.3 Å². The summed E-state index contributed by atoms with van der Waals surface area (Å²) in [4.78, 5) is 0.871. The second-order valence-corrected chi connectivity index (χ2v) is 6.43. The van der Waals surface area contributed by atoms with Gasteiger partial charge in [-0.2, -0.15) is 0 Å². The molecule has 0 radical (unpaired) electrons. The summed E-state index contributed by atoms with van der Waals surface area (Å²) in [6.07, 6.45) is 0.649. The Labute approximate surface area is 91.6 Å². The van der Waals surface area contributed by atoms with Gasteiger partial charge >= 0.3 is 0 Å². The lowest BCUT2D eigenvalue weighted by molar-refractivity contribution is 0.109. The molecule has 0 saturated heterocycles. The predicted octanol–water partition coefficient (Wildman–Crippen LogP) is 1.29. The number of hydrogen-bond acceptors (Lipinski definition) is 4. The minimum Gasteiger partial charge on any atom is -0.376 e. The lowest BCUT2D eigenvalue weighted by Gasteiger charge is -2.10. The Balaban J connectivity index is 2.61. The summed E-state index contributed by atoms with van der Waals surface area (Å²) in [7, 11) is -1.73. The van der Waals surface area contributed by atoms with Gasteiger partial charge in [0.05, 0.1) is 13.2 Å². The molecule has 0 aliphatic carbocycles. The van der Waals surface area contributed by atoms with Crippen LogP contribution in [0.4, 0.5) is 4.39 Å². The zero-order chi connectivity index (χ0) is 11.1. The smallest absolute Gasteiger partial charge is 0.158 e. The zero-order valence-corrected chi connectivity index (χ0v) is 9.79. The highest BCUT2D eigenvalue weighted by Gasteiger charge is 2.25. The number of ether oxygens (including phenoxy) is 1. The molecule has 2 rings (SSSR count). The number of nitrogens with two attached hydrogens (primary N) is 1. The monoisotopic (exact) mass is 250 g/mol. The molecular weight excluding hydrogens is 239 g/mol. The molecule has 0 bridgehead atoms. The number of halogens is 1. The van der Waals surface area contributed by atoms with Crippen LogP contribution in [0.25, 0.3) is 0 Å². The lowest BCUT2D eigenvalue weighted by atomic mass is 10.2. The van der Waals surface area contributed by atoms with Gasteiger partial charge in [0.2, 0.25) is 0 Å². The summed E-state index contributed by atoms with van der Waals surface area (Å²) in [5.74, 6) is -0.507. The Bertz CT molecular complexity index is 503. The van der Waals surface area contributed by atoms with Crippen LogP contribution in [-0.4, -0.2) is 17.9 Å². The van der Waals surface area contributed by atoms with E-state index < -0.39 is 15.7 Å². The summed E-state index contributed by atoms with van der Waals surface area (Å²) in [6.45, 7) is 0.804. The molecule has 2 N–H and O–H groups in total. The highest BCUT2D eigenvalue weighted by molar-refractivity contribution is 7.93. The number of nitrogens with zero attached hydrogens (tertiary/aromatic N) is 1. The third kappa shape index (κ3) is 1.80. The van der Waals surface area contributed by atoms with Gasteiger partial charge < -0.3 is 4.74 Å². The van der Waals surface area contributed by atoms with Crippen molar-refractivity contribution < 1.29 is 13.3 Å². The van der Waals surface area contributed by atoms with Crippen molar-refractivity contribution in [2.45, 2.75) is 17.2 Å². The van der Waals surface area contributed by atoms with Gasteiger partial charge in [-0.25, -0.2) is 18.1 Å². The summed E-state index contributed by atoms with van der Waals surface area (Å²) >= 11 is 1.14. The van der Waals surface area contributed by atoms with Crippen LogP contribution in [0.2, 0.25) is 0 Å². The van der Waals surface area contributed by atoms with Crippen molar-refractivity contribution in [3.63, 3.8) is 0 Å². The fourth-order valence-corrected chi connectivity index (χ4v) is 3.86. The summed E-state index contributed by atoms with van der Waals surface area (Å²) in [5, 5.41) is 5.44. The standard InChI is InChI=1S/C8H11FN2O2S2/c1-11-15(10,12)8-7(9)5-4-13-3-2-6(5)14-8/h2-4H2,1H3,(H2,10,11,12). The SMILES string of the molecule is CN=S(N)(=O)c1sc2c(c1F)COCC2. The molecule has 7 heteroatoms. The fraction of sp³-hybridized carbons (Fsp3) is 0.500. The maximum atomic E-state index is 13.8. The Morgan fingerprint density at radius 2 is 2.40 bits per heavy atom. The van der Waals surface area contributed by atoms with Crippen molar-refractivity contribution in [1.82, 2.24) is 0 Å². The molecule has 1 aromatic rings. The van der Waals surface area contributed by atoms with Crippen LogP contribution in [0, 0.1) is 5.82 Å². The molecule has 1 aromatic heterocycles. The fourth-order valence-electron chi connectivity index (χ4n) is 1.42. The van der Waals surface area contributed by atoms with Crippen molar-refractivity contribution in [3.05, 3.63) is 16.3 Å². The Morgan fingerprint density at radius 1 is 1.67 bits per heavy atom. The van der Waals surface area contributed by atoms with E-state index in [4.69, 9.17) is 9.88 Å². The normalized spacial score (nSPS) is 19.4. The first kappa shape index (κ1) is 11.0. The van der Waals surface area contributed by atoms with Crippen molar-refractivity contribution in [3.8, 4) is 0 Å². The molecule has 0 fully saturated rings. The molecule has 0 amide bonds. The molecule has 0 aromatic carbocycles. The van der Waals surface area contributed by atoms with Crippen LogP contribution in [-0.2, 0) is 27.7 Å². The van der Waals surface area contributed by atoms with Crippen LogP contribution in [0.3, 0.4) is 0 Å². The van der Waals surface area contributed by atoms with Crippen molar-refractivity contribution in [1.29, 1.82) is 0 Å². The first-order valence-electron chi connectivity index (χ1n) is 4.37. The summed E-state index contributed by atoms with van der Waals surface area (Å²) < 4.78 is 34.3. The molecule has 15 heavy (non-hydrogen) atoms.